The summed E-state index contributed by atoms with van der Waals surface area (Å²) in [6.45, 7) is 5.95. The summed E-state index contributed by atoms with van der Waals surface area (Å²) in [7, 11) is 0. The van der Waals surface area contributed by atoms with Gasteiger partial charge in [0.15, 0.2) is 16.6 Å². The Bertz CT molecular complexity index is 688. The van der Waals surface area contributed by atoms with E-state index in [-0.39, 0.29) is 0 Å². The van der Waals surface area contributed by atoms with Crippen molar-refractivity contribution in [3.63, 3.8) is 0 Å². The van der Waals surface area contributed by atoms with Crippen molar-refractivity contribution in [2.24, 2.45) is 5.10 Å². The molecule has 2 rings (SSSR count). The third-order valence-corrected chi connectivity index (χ3v) is 4.22. The van der Waals surface area contributed by atoms with Crippen molar-refractivity contribution < 1.29 is 9.47 Å². The van der Waals surface area contributed by atoms with Crippen molar-refractivity contribution in [3.8, 4) is 11.5 Å². The normalized spacial score (nSPS) is 10.6. The van der Waals surface area contributed by atoms with Crippen molar-refractivity contribution in [2.75, 3.05) is 13.2 Å². The first-order valence-electron chi connectivity index (χ1n) is 8.21. The molecule has 0 unspecified atom stereocenters. The van der Waals surface area contributed by atoms with Crippen LogP contribution in [0.25, 0.3) is 0 Å². The van der Waals surface area contributed by atoms with Crippen LogP contribution in [0.3, 0.4) is 0 Å². The third-order valence-electron chi connectivity index (χ3n) is 3.13. The van der Waals surface area contributed by atoms with E-state index in [1.54, 1.807) is 17.6 Å². The Kier molecular flexibility index (Phi) is 8.21. The summed E-state index contributed by atoms with van der Waals surface area (Å²) in [6, 6.07) is 9.79. The Morgan fingerprint density at radius 2 is 2.12 bits per heavy atom. The number of thiophene rings is 1. The predicted octanol–water partition coefficient (Wildman–Crippen LogP) is 3.93. The maximum Gasteiger partial charge on any atom is 0.186 e. The summed E-state index contributed by atoms with van der Waals surface area (Å²) >= 11 is 6.79. The second-order valence-corrected chi connectivity index (χ2v) is 6.57. The highest BCUT2D eigenvalue weighted by molar-refractivity contribution is 7.80. The molecule has 1 aromatic heterocycles. The summed E-state index contributed by atoms with van der Waals surface area (Å²) < 4.78 is 11.6. The molecule has 2 N–H and O–H groups in total. The fourth-order valence-corrected chi connectivity index (χ4v) is 2.75. The quantitative estimate of drug-likeness (QED) is 0.394. The minimum Gasteiger partial charge on any atom is -0.490 e. The lowest BCUT2D eigenvalue weighted by molar-refractivity contribution is 0.271. The molecule has 5 nitrogen and oxygen atoms in total. The van der Waals surface area contributed by atoms with Gasteiger partial charge in [0, 0.05) is 11.4 Å². The van der Waals surface area contributed by atoms with Gasteiger partial charge in [0.05, 0.1) is 12.8 Å². The zero-order chi connectivity index (χ0) is 17.9. The number of nitrogens with zero attached hydrogens (tertiary/aromatic N) is 1. The molecule has 25 heavy (non-hydrogen) atoms. The van der Waals surface area contributed by atoms with Gasteiger partial charge in [-0.15, -0.1) is 11.3 Å². The van der Waals surface area contributed by atoms with E-state index >= 15 is 0 Å². The third kappa shape index (κ3) is 6.72. The summed E-state index contributed by atoms with van der Waals surface area (Å²) in [6.07, 6.45) is 2.71. The van der Waals surface area contributed by atoms with Gasteiger partial charge < -0.3 is 14.8 Å². The SMILES string of the molecule is CCCNC(=S)N/N=C\c1ccc(OCc2cccs2)c(OCC)c1. The zero-order valence-corrected chi connectivity index (χ0v) is 16.1. The van der Waals surface area contributed by atoms with Crippen LogP contribution in [0.1, 0.15) is 30.7 Å². The Labute approximate surface area is 158 Å². The van der Waals surface area contributed by atoms with Gasteiger partial charge in [-0.25, -0.2) is 0 Å². The molecule has 0 aliphatic carbocycles. The molecule has 0 saturated carbocycles. The van der Waals surface area contributed by atoms with Crippen molar-refractivity contribution in [3.05, 3.63) is 46.2 Å². The van der Waals surface area contributed by atoms with Crippen LogP contribution in [-0.4, -0.2) is 24.5 Å². The summed E-state index contributed by atoms with van der Waals surface area (Å²) in [5.74, 6) is 1.43. The maximum absolute atomic E-state index is 5.87. The van der Waals surface area contributed by atoms with Crippen LogP contribution in [0.4, 0.5) is 0 Å². The number of rotatable bonds is 9. The number of ether oxygens (including phenoxy) is 2. The average molecular weight is 378 g/mol. The standard InChI is InChI=1S/C18H23N3O2S2/c1-3-9-19-18(24)21-20-12-14-7-8-16(17(11-14)22-4-2)23-13-15-6-5-10-25-15/h5-8,10-12H,3-4,9,13H2,1-2H3,(H2,19,21,24)/b20-12-. The number of nitrogens with one attached hydrogen (secondary N) is 2. The van der Waals surface area contributed by atoms with Gasteiger partial charge in [-0.3, -0.25) is 5.43 Å². The van der Waals surface area contributed by atoms with Gasteiger partial charge in [-0.1, -0.05) is 13.0 Å². The Morgan fingerprint density at radius 1 is 1.24 bits per heavy atom. The van der Waals surface area contributed by atoms with E-state index in [0.29, 0.717) is 24.1 Å². The van der Waals surface area contributed by atoms with Gasteiger partial charge in [-0.2, -0.15) is 5.10 Å². The van der Waals surface area contributed by atoms with Crippen LogP contribution in [0.15, 0.2) is 40.8 Å². The highest BCUT2D eigenvalue weighted by atomic mass is 32.1. The number of benzene rings is 1. The van der Waals surface area contributed by atoms with Crippen molar-refractivity contribution in [2.45, 2.75) is 26.9 Å². The van der Waals surface area contributed by atoms with Gasteiger partial charge in [0.2, 0.25) is 0 Å². The summed E-state index contributed by atoms with van der Waals surface area (Å²) in [5.41, 5.74) is 3.70. The van der Waals surface area contributed by atoms with Crippen LogP contribution in [0, 0.1) is 0 Å². The molecule has 0 fully saturated rings. The lowest BCUT2D eigenvalue weighted by Crippen LogP contribution is -2.32. The largest absolute Gasteiger partial charge is 0.490 e. The Hall–Kier alpha value is -2.12. The van der Waals surface area contributed by atoms with Crippen LogP contribution < -0.4 is 20.2 Å². The molecule has 2 aromatic rings. The second kappa shape index (κ2) is 10.7. The van der Waals surface area contributed by atoms with Crippen LogP contribution in [-0.2, 0) is 6.61 Å². The van der Waals surface area contributed by atoms with E-state index in [9.17, 15) is 0 Å². The fourth-order valence-electron chi connectivity index (χ4n) is 1.98. The van der Waals surface area contributed by atoms with E-state index in [2.05, 4.69) is 22.8 Å². The monoisotopic (exact) mass is 377 g/mol. The minimum absolute atomic E-state index is 0.513. The molecule has 134 valence electrons. The number of hydrogen-bond donors (Lipinski definition) is 2. The molecule has 7 heteroatoms. The molecule has 1 heterocycles. The van der Waals surface area contributed by atoms with Crippen LogP contribution in [0.5, 0.6) is 11.5 Å². The van der Waals surface area contributed by atoms with Crippen LogP contribution >= 0.6 is 23.6 Å². The maximum atomic E-state index is 5.87. The molecule has 0 aliphatic rings. The molecule has 0 spiro atoms. The lowest BCUT2D eigenvalue weighted by Gasteiger charge is -2.12. The van der Waals surface area contributed by atoms with Crippen molar-refractivity contribution in [1.29, 1.82) is 0 Å². The van der Waals surface area contributed by atoms with Crippen molar-refractivity contribution in [1.82, 2.24) is 10.7 Å². The van der Waals surface area contributed by atoms with Crippen molar-refractivity contribution >= 4 is 34.9 Å². The molecule has 0 amide bonds. The highest BCUT2D eigenvalue weighted by Gasteiger charge is 2.07. The minimum atomic E-state index is 0.513. The molecule has 0 saturated heterocycles. The topological polar surface area (TPSA) is 54.9 Å². The lowest BCUT2D eigenvalue weighted by atomic mass is 10.2. The van der Waals surface area contributed by atoms with E-state index in [1.807, 2.05) is 42.6 Å². The van der Waals surface area contributed by atoms with E-state index < -0.39 is 0 Å². The molecular weight excluding hydrogens is 354 g/mol. The number of hydrogen-bond acceptors (Lipinski definition) is 5. The van der Waals surface area contributed by atoms with E-state index in [4.69, 9.17) is 21.7 Å². The summed E-state index contributed by atoms with van der Waals surface area (Å²) in [4.78, 5) is 1.17. The molecule has 0 atom stereocenters. The first-order valence-corrected chi connectivity index (χ1v) is 9.50. The molecular formula is C18H23N3O2S2. The Morgan fingerprint density at radius 3 is 2.84 bits per heavy atom. The zero-order valence-electron chi connectivity index (χ0n) is 14.5. The smallest absolute Gasteiger partial charge is 0.186 e. The molecule has 0 radical (unpaired) electrons. The molecule has 0 bridgehead atoms. The van der Waals surface area contributed by atoms with E-state index in [1.165, 1.54) is 4.88 Å². The predicted molar refractivity (Wildman–Crippen MR) is 108 cm³/mol. The fraction of sp³-hybridized carbons (Fsp3) is 0.333. The number of thiocarbonyl (C=S) groups is 1. The average Bonchev–Trinajstić information content (AvgIpc) is 3.13. The van der Waals surface area contributed by atoms with Crippen LogP contribution in [0.2, 0.25) is 0 Å². The van der Waals surface area contributed by atoms with Gasteiger partial charge in [0.25, 0.3) is 0 Å². The Balaban J connectivity index is 1.97. The first kappa shape index (κ1) is 19.2. The van der Waals surface area contributed by atoms with E-state index in [0.717, 1.165) is 24.3 Å². The second-order valence-electron chi connectivity index (χ2n) is 5.13. The first-order chi connectivity index (χ1) is 12.2. The molecule has 0 aliphatic heterocycles. The highest BCUT2D eigenvalue weighted by Crippen LogP contribution is 2.29. The van der Waals surface area contributed by atoms with Gasteiger partial charge in [0.1, 0.15) is 6.61 Å². The van der Waals surface area contributed by atoms with Gasteiger partial charge in [-0.05, 0) is 60.8 Å². The summed E-state index contributed by atoms with van der Waals surface area (Å²) in [5, 5.41) is 9.74. The number of hydrazone groups is 1. The van der Waals surface area contributed by atoms with Gasteiger partial charge >= 0.3 is 0 Å². The molecule has 1 aromatic carbocycles.